The summed E-state index contributed by atoms with van der Waals surface area (Å²) in [6, 6.07) is 3.61. The molecule has 1 aromatic rings. The molecule has 1 aromatic carbocycles. The van der Waals surface area contributed by atoms with Crippen molar-refractivity contribution < 1.29 is 14.3 Å². The van der Waals surface area contributed by atoms with E-state index in [9.17, 15) is 9.59 Å². The Bertz CT molecular complexity index is 474. The van der Waals surface area contributed by atoms with E-state index in [2.05, 4.69) is 11.7 Å². The van der Waals surface area contributed by atoms with Crippen LogP contribution in [-0.2, 0) is 11.2 Å². The molecular formula is C11H8O3. The molecule has 0 saturated carbocycles. The highest BCUT2D eigenvalue weighted by Gasteiger charge is 2.37. The number of benzene rings is 1. The number of carbonyl (C=O) groups is 2. The number of esters is 2. The van der Waals surface area contributed by atoms with Crippen LogP contribution in [0.25, 0.3) is 0 Å². The first kappa shape index (κ1) is 7.74. The standard InChI is InChI=1S/C11H8O3/c1-5-4-8-6(5)2-3-7-9(8)11(13)14-10(7)12/h2-3,5H,4H2,1H3. The fourth-order valence-electron chi connectivity index (χ4n) is 2.22. The van der Waals surface area contributed by atoms with Crippen molar-refractivity contribution in [2.75, 3.05) is 0 Å². The van der Waals surface area contributed by atoms with E-state index in [0.717, 1.165) is 12.0 Å². The van der Waals surface area contributed by atoms with E-state index in [1.165, 1.54) is 5.56 Å². The minimum Gasteiger partial charge on any atom is -0.386 e. The van der Waals surface area contributed by atoms with Gasteiger partial charge >= 0.3 is 11.9 Å². The molecule has 0 amide bonds. The van der Waals surface area contributed by atoms with Crippen LogP contribution in [0.15, 0.2) is 12.1 Å². The highest BCUT2D eigenvalue weighted by molar-refractivity contribution is 6.15. The maximum atomic E-state index is 11.3. The van der Waals surface area contributed by atoms with Crippen LogP contribution in [0.5, 0.6) is 0 Å². The first-order chi connectivity index (χ1) is 6.68. The van der Waals surface area contributed by atoms with Crippen molar-refractivity contribution in [3.8, 4) is 0 Å². The number of cyclic esters (lactones) is 2. The van der Waals surface area contributed by atoms with Gasteiger partial charge in [-0.25, -0.2) is 9.59 Å². The van der Waals surface area contributed by atoms with Gasteiger partial charge in [-0.05, 0) is 29.5 Å². The van der Waals surface area contributed by atoms with Gasteiger partial charge in [-0.2, -0.15) is 0 Å². The van der Waals surface area contributed by atoms with E-state index in [4.69, 9.17) is 0 Å². The second-order valence-electron chi connectivity index (χ2n) is 3.84. The minimum absolute atomic E-state index is 0.431. The van der Waals surface area contributed by atoms with Gasteiger partial charge in [0.05, 0.1) is 11.1 Å². The molecule has 14 heavy (non-hydrogen) atoms. The van der Waals surface area contributed by atoms with Gasteiger partial charge in [-0.15, -0.1) is 0 Å². The predicted octanol–water partition coefficient (Wildman–Crippen LogP) is 1.66. The normalized spacial score (nSPS) is 22.5. The fourth-order valence-corrected chi connectivity index (χ4v) is 2.22. The van der Waals surface area contributed by atoms with Crippen molar-refractivity contribution in [3.63, 3.8) is 0 Å². The zero-order valence-electron chi connectivity index (χ0n) is 7.66. The molecule has 70 valence electrons. The molecule has 0 spiro atoms. The van der Waals surface area contributed by atoms with Gasteiger partial charge in [-0.1, -0.05) is 13.0 Å². The number of carbonyl (C=O) groups excluding carboxylic acids is 2. The zero-order chi connectivity index (χ0) is 9.87. The summed E-state index contributed by atoms with van der Waals surface area (Å²) in [5, 5.41) is 0. The molecule has 0 saturated heterocycles. The van der Waals surface area contributed by atoms with Gasteiger partial charge in [-0.3, -0.25) is 0 Å². The number of hydrogen-bond donors (Lipinski definition) is 0. The third-order valence-corrected chi connectivity index (χ3v) is 3.00. The molecule has 3 heteroatoms. The third-order valence-electron chi connectivity index (χ3n) is 3.00. The quantitative estimate of drug-likeness (QED) is 0.459. The summed E-state index contributed by atoms with van der Waals surface area (Å²) in [4.78, 5) is 22.5. The number of fused-ring (bicyclic) bond motifs is 3. The van der Waals surface area contributed by atoms with E-state index >= 15 is 0 Å². The van der Waals surface area contributed by atoms with E-state index in [0.29, 0.717) is 17.0 Å². The summed E-state index contributed by atoms with van der Waals surface area (Å²) in [6.07, 6.45) is 0.876. The maximum Gasteiger partial charge on any atom is 0.347 e. The third kappa shape index (κ3) is 0.726. The summed E-state index contributed by atoms with van der Waals surface area (Å²) >= 11 is 0. The maximum absolute atomic E-state index is 11.3. The lowest BCUT2D eigenvalue weighted by atomic mass is 9.75. The molecule has 0 bridgehead atoms. The van der Waals surface area contributed by atoms with Gasteiger partial charge in [0.15, 0.2) is 0 Å². The Balaban J connectivity index is 2.30. The monoisotopic (exact) mass is 188 g/mol. The predicted molar refractivity (Wildman–Crippen MR) is 48.3 cm³/mol. The van der Waals surface area contributed by atoms with Crippen LogP contribution >= 0.6 is 0 Å². The molecule has 0 N–H and O–H groups in total. The SMILES string of the molecule is CC1Cc2c1ccc1c2C(=O)OC1=O. The number of hydrogen-bond acceptors (Lipinski definition) is 3. The Kier molecular flexibility index (Phi) is 1.23. The first-order valence-corrected chi connectivity index (χ1v) is 4.61. The molecule has 1 heterocycles. The Morgan fingerprint density at radius 1 is 1.29 bits per heavy atom. The average Bonchev–Trinajstić information content (AvgIpc) is 2.40. The summed E-state index contributed by atoms with van der Waals surface area (Å²) in [5.74, 6) is -0.486. The van der Waals surface area contributed by atoms with Crippen molar-refractivity contribution in [1.82, 2.24) is 0 Å². The molecule has 2 aliphatic rings. The highest BCUT2D eigenvalue weighted by Crippen LogP contribution is 2.40. The molecule has 1 aliphatic heterocycles. The molecule has 1 unspecified atom stereocenters. The first-order valence-electron chi connectivity index (χ1n) is 4.61. The van der Waals surface area contributed by atoms with Crippen LogP contribution in [0.4, 0.5) is 0 Å². The fraction of sp³-hybridized carbons (Fsp3) is 0.273. The Morgan fingerprint density at radius 2 is 2.07 bits per heavy atom. The average molecular weight is 188 g/mol. The van der Waals surface area contributed by atoms with Crippen LogP contribution < -0.4 is 0 Å². The zero-order valence-corrected chi connectivity index (χ0v) is 7.66. The molecule has 0 radical (unpaired) electrons. The van der Waals surface area contributed by atoms with Crippen molar-refractivity contribution >= 4 is 11.9 Å². The summed E-state index contributed by atoms with van der Waals surface area (Å²) in [6.45, 7) is 2.11. The lowest BCUT2D eigenvalue weighted by Crippen LogP contribution is -2.18. The number of ether oxygens (including phenoxy) is 1. The van der Waals surface area contributed by atoms with Crippen molar-refractivity contribution in [2.45, 2.75) is 19.3 Å². The van der Waals surface area contributed by atoms with Crippen molar-refractivity contribution in [1.29, 1.82) is 0 Å². The minimum atomic E-state index is -0.507. The van der Waals surface area contributed by atoms with Crippen LogP contribution in [-0.4, -0.2) is 11.9 Å². The molecule has 0 aromatic heterocycles. The van der Waals surface area contributed by atoms with Gasteiger partial charge < -0.3 is 4.74 Å². The smallest absolute Gasteiger partial charge is 0.347 e. The van der Waals surface area contributed by atoms with Gasteiger partial charge in [0.1, 0.15) is 0 Å². The largest absolute Gasteiger partial charge is 0.386 e. The van der Waals surface area contributed by atoms with Crippen LogP contribution in [0.2, 0.25) is 0 Å². The van der Waals surface area contributed by atoms with Crippen molar-refractivity contribution in [2.24, 2.45) is 0 Å². The summed E-state index contributed by atoms with van der Waals surface area (Å²) < 4.78 is 4.56. The second-order valence-corrected chi connectivity index (χ2v) is 3.84. The molecule has 3 rings (SSSR count). The van der Waals surface area contributed by atoms with Crippen LogP contribution in [0, 0.1) is 0 Å². The van der Waals surface area contributed by atoms with E-state index in [1.807, 2.05) is 6.07 Å². The van der Waals surface area contributed by atoms with Crippen molar-refractivity contribution in [3.05, 3.63) is 34.4 Å². The summed E-state index contributed by atoms with van der Waals surface area (Å²) in [5.41, 5.74) is 3.12. The van der Waals surface area contributed by atoms with Crippen LogP contribution in [0.1, 0.15) is 44.7 Å². The molecule has 3 nitrogen and oxygen atoms in total. The Hall–Kier alpha value is -1.64. The molecule has 0 fully saturated rings. The second kappa shape index (κ2) is 2.23. The Labute approximate surface area is 80.7 Å². The van der Waals surface area contributed by atoms with Gasteiger partial charge in [0.25, 0.3) is 0 Å². The lowest BCUT2D eigenvalue weighted by Gasteiger charge is -2.27. The van der Waals surface area contributed by atoms with Crippen LogP contribution in [0.3, 0.4) is 0 Å². The van der Waals surface area contributed by atoms with E-state index in [1.54, 1.807) is 6.07 Å². The molecular weight excluding hydrogens is 180 g/mol. The van der Waals surface area contributed by atoms with E-state index in [-0.39, 0.29) is 0 Å². The number of rotatable bonds is 0. The molecule has 1 atom stereocenters. The van der Waals surface area contributed by atoms with E-state index < -0.39 is 11.9 Å². The topological polar surface area (TPSA) is 43.4 Å². The van der Waals surface area contributed by atoms with Gasteiger partial charge in [0, 0.05) is 0 Å². The highest BCUT2D eigenvalue weighted by atomic mass is 16.6. The Morgan fingerprint density at radius 3 is 2.79 bits per heavy atom. The van der Waals surface area contributed by atoms with Gasteiger partial charge in [0.2, 0.25) is 0 Å². The molecule has 1 aliphatic carbocycles. The lowest BCUT2D eigenvalue weighted by molar-refractivity contribution is 0.0443. The summed E-state index contributed by atoms with van der Waals surface area (Å²) in [7, 11) is 0.